The predicted octanol–water partition coefficient (Wildman–Crippen LogP) is 3.80. The number of hydrogen-bond acceptors (Lipinski definition) is 2. The number of carbonyl (C=O) groups excluding carboxylic acids is 1. The van der Waals surface area contributed by atoms with Crippen LogP contribution in [0.2, 0.25) is 0 Å². The molecule has 1 aliphatic heterocycles. The molecular formula is C19H22FN3O. The van der Waals surface area contributed by atoms with E-state index < -0.39 is 0 Å². The summed E-state index contributed by atoms with van der Waals surface area (Å²) in [7, 11) is 0. The summed E-state index contributed by atoms with van der Waals surface area (Å²) in [6, 6.07) is 8.52. The van der Waals surface area contributed by atoms with Crippen LogP contribution in [0.3, 0.4) is 0 Å². The number of hydrogen-bond donors (Lipinski definition) is 0. The zero-order chi connectivity index (χ0) is 16.7. The van der Waals surface area contributed by atoms with Crippen molar-refractivity contribution in [3.8, 4) is 5.69 Å². The fraction of sp³-hybridized carbons (Fsp3) is 0.474. The lowest BCUT2D eigenvalue weighted by Crippen LogP contribution is -2.42. The summed E-state index contributed by atoms with van der Waals surface area (Å²) in [6.45, 7) is 2.15. The van der Waals surface area contributed by atoms with Crippen LogP contribution >= 0.6 is 0 Å². The lowest BCUT2D eigenvalue weighted by molar-refractivity contribution is 0.0627. The Labute approximate surface area is 141 Å². The Morgan fingerprint density at radius 2 is 1.92 bits per heavy atom. The molecule has 1 amide bonds. The molecule has 1 saturated heterocycles. The second kappa shape index (κ2) is 6.04. The standard InChI is InChI=1S/C19H22FN3O/c1-13-12-14-4-2-3-5-18(14)23(13)19(24)17-10-11-22(21-17)16-8-6-15(20)7-9-16/h6-11,13-14,18H,2-5,12H2,1H3. The fourth-order valence-electron chi connectivity index (χ4n) is 4.37. The molecular weight excluding hydrogens is 305 g/mol. The molecule has 4 nitrogen and oxygen atoms in total. The summed E-state index contributed by atoms with van der Waals surface area (Å²) in [5, 5.41) is 4.43. The zero-order valence-corrected chi connectivity index (χ0v) is 13.9. The van der Waals surface area contributed by atoms with E-state index in [1.807, 2.05) is 0 Å². The fourth-order valence-corrected chi connectivity index (χ4v) is 4.37. The van der Waals surface area contributed by atoms with E-state index in [1.54, 1.807) is 29.1 Å². The van der Waals surface area contributed by atoms with Crippen molar-refractivity contribution in [3.05, 3.63) is 48.0 Å². The van der Waals surface area contributed by atoms with Gasteiger partial charge in [0.1, 0.15) is 5.82 Å². The van der Waals surface area contributed by atoms with Gasteiger partial charge in [-0.2, -0.15) is 5.10 Å². The van der Waals surface area contributed by atoms with Gasteiger partial charge in [-0.25, -0.2) is 9.07 Å². The molecule has 1 aromatic heterocycles. The smallest absolute Gasteiger partial charge is 0.274 e. The van der Waals surface area contributed by atoms with Crippen LogP contribution in [-0.4, -0.2) is 32.7 Å². The molecule has 2 aromatic rings. The van der Waals surface area contributed by atoms with E-state index in [0.717, 1.165) is 18.5 Å². The van der Waals surface area contributed by atoms with E-state index in [0.29, 0.717) is 17.7 Å². The second-order valence-corrected chi connectivity index (χ2v) is 7.03. The normalized spacial score (nSPS) is 26.4. The van der Waals surface area contributed by atoms with Gasteiger partial charge in [0.2, 0.25) is 0 Å². The minimum Gasteiger partial charge on any atom is -0.331 e. The first-order valence-corrected chi connectivity index (χ1v) is 8.78. The lowest BCUT2D eigenvalue weighted by atomic mass is 9.85. The SMILES string of the molecule is CC1CC2CCCCC2N1C(=O)c1ccn(-c2ccc(F)cc2)n1. The lowest BCUT2D eigenvalue weighted by Gasteiger charge is -2.32. The molecule has 0 bridgehead atoms. The van der Waals surface area contributed by atoms with Crippen molar-refractivity contribution in [1.82, 2.24) is 14.7 Å². The third-order valence-corrected chi connectivity index (χ3v) is 5.48. The Kier molecular flexibility index (Phi) is 3.87. The summed E-state index contributed by atoms with van der Waals surface area (Å²) in [5.41, 5.74) is 1.22. The Hall–Kier alpha value is -2.17. The highest BCUT2D eigenvalue weighted by Crippen LogP contribution is 2.40. The van der Waals surface area contributed by atoms with Gasteiger partial charge < -0.3 is 4.90 Å². The van der Waals surface area contributed by atoms with Crippen molar-refractivity contribution in [2.24, 2.45) is 5.92 Å². The topological polar surface area (TPSA) is 38.1 Å². The molecule has 1 aliphatic carbocycles. The first-order chi connectivity index (χ1) is 11.6. The van der Waals surface area contributed by atoms with Crippen molar-refractivity contribution < 1.29 is 9.18 Å². The first kappa shape index (κ1) is 15.4. The highest BCUT2D eigenvalue weighted by molar-refractivity contribution is 5.93. The average molecular weight is 327 g/mol. The Bertz CT molecular complexity index is 739. The number of carbonyl (C=O) groups is 1. The maximum absolute atomic E-state index is 13.1. The number of halogens is 1. The van der Waals surface area contributed by atoms with Crippen molar-refractivity contribution in [2.75, 3.05) is 0 Å². The van der Waals surface area contributed by atoms with Crippen LogP contribution in [-0.2, 0) is 0 Å². The van der Waals surface area contributed by atoms with E-state index >= 15 is 0 Å². The van der Waals surface area contributed by atoms with Crippen LogP contribution in [0.5, 0.6) is 0 Å². The van der Waals surface area contributed by atoms with Crippen LogP contribution in [0.15, 0.2) is 36.5 Å². The summed E-state index contributed by atoms with van der Waals surface area (Å²) in [6.07, 6.45) is 7.72. The average Bonchev–Trinajstić information content (AvgIpc) is 3.19. The van der Waals surface area contributed by atoms with Crippen molar-refractivity contribution >= 4 is 5.91 Å². The molecule has 3 unspecified atom stereocenters. The van der Waals surface area contributed by atoms with Crippen LogP contribution < -0.4 is 0 Å². The Morgan fingerprint density at radius 3 is 2.71 bits per heavy atom. The number of likely N-dealkylation sites (tertiary alicyclic amines) is 1. The molecule has 0 spiro atoms. The molecule has 2 fully saturated rings. The van der Waals surface area contributed by atoms with Crippen LogP contribution in [0.4, 0.5) is 4.39 Å². The number of nitrogens with zero attached hydrogens (tertiary/aromatic N) is 3. The number of benzene rings is 1. The number of amides is 1. The monoisotopic (exact) mass is 327 g/mol. The van der Waals surface area contributed by atoms with Gasteiger partial charge in [0.05, 0.1) is 5.69 Å². The maximum atomic E-state index is 13.1. The molecule has 1 saturated carbocycles. The molecule has 2 heterocycles. The Morgan fingerprint density at radius 1 is 1.17 bits per heavy atom. The molecule has 4 rings (SSSR count). The quantitative estimate of drug-likeness (QED) is 0.841. The highest BCUT2D eigenvalue weighted by Gasteiger charge is 2.43. The molecule has 3 atom stereocenters. The maximum Gasteiger partial charge on any atom is 0.274 e. The second-order valence-electron chi connectivity index (χ2n) is 7.03. The summed E-state index contributed by atoms with van der Waals surface area (Å²) < 4.78 is 14.7. The Balaban J connectivity index is 1.57. The molecule has 1 aromatic carbocycles. The van der Waals surface area contributed by atoms with Gasteiger partial charge >= 0.3 is 0 Å². The van der Waals surface area contributed by atoms with Crippen LogP contribution in [0, 0.1) is 11.7 Å². The minimum atomic E-state index is -0.281. The molecule has 0 N–H and O–H groups in total. The summed E-state index contributed by atoms with van der Waals surface area (Å²) in [5.74, 6) is 0.395. The third kappa shape index (κ3) is 2.62. The summed E-state index contributed by atoms with van der Waals surface area (Å²) >= 11 is 0. The molecule has 24 heavy (non-hydrogen) atoms. The first-order valence-electron chi connectivity index (χ1n) is 8.78. The molecule has 5 heteroatoms. The largest absolute Gasteiger partial charge is 0.331 e. The third-order valence-electron chi connectivity index (χ3n) is 5.48. The zero-order valence-electron chi connectivity index (χ0n) is 13.9. The van der Waals surface area contributed by atoms with Crippen molar-refractivity contribution in [3.63, 3.8) is 0 Å². The number of rotatable bonds is 2. The van der Waals surface area contributed by atoms with E-state index in [9.17, 15) is 9.18 Å². The van der Waals surface area contributed by atoms with Gasteiger partial charge in [0.25, 0.3) is 5.91 Å². The number of aromatic nitrogens is 2. The van der Waals surface area contributed by atoms with E-state index in [4.69, 9.17) is 0 Å². The van der Waals surface area contributed by atoms with Gasteiger partial charge in [0, 0.05) is 18.3 Å². The van der Waals surface area contributed by atoms with E-state index in [2.05, 4.69) is 16.9 Å². The van der Waals surface area contributed by atoms with Gasteiger partial charge in [-0.3, -0.25) is 4.79 Å². The van der Waals surface area contributed by atoms with Gasteiger partial charge in [0.15, 0.2) is 5.69 Å². The molecule has 0 radical (unpaired) electrons. The van der Waals surface area contributed by atoms with E-state index in [-0.39, 0.29) is 17.8 Å². The van der Waals surface area contributed by atoms with Crippen LogP contribution in [0.25, 0.3) is 5.69 Å². The minimum absolute atomic E-state index is 0.0257. The highest BCUT2D eigenvalue weighted by atomic mass is 19.1. The van der Waals surface area contributed by atoms with Crippen molar-refractivity contribution in [1.29, 1.82) is 0 Å². The van der Waals surface area contributed by atoms with Gasteiger partial charge in [-0.15, -0.1) is 0 Å². The molecule has 126 valence electrons. The van der Waals surface area contributed by atoms with Crippen molar-refractivity contribution in [2.45, 2.75) is 51.1 Å². The molecule has 2 aliphatic rings. The van der Waals surface area contributed by atoms with Crippen LogP contribution in [0.1, 0.15) is 49.5 Å². The summed E-state index contributed by atoms with van der Waals surface area (Å²) in [4.78, 5) is 15.1. The van der Waals surface area contributed by atoms with Gasteiger partial charge in [-0.1, -0.05) is 12.8 Å². The predicted molar refractivity (Wildman–Crippen MR) is 89.5 cm³/mol. The number of fused-ring (bicyclic) bond motifs is 1. The van der Waals surface area contributed by atoms with E-state index in [1.165, 1.54) is 31.4 Å². The van der Waals surface area contributed by atoms with Gasteiger partial charge in [-0.05, 0) is 62.4 Å².